The summed E-state index contributed by atoms with van der Waals surface area (Å²) in [5.41, 5.74) is -1.70. The second kappa shape index (κ2) is 6.81. The Balaban J connectivity index is 2.13. The number of carbonyl (C=O) groups excluding carboxylic acids is 2. The summed E-state index contributed by atoms with van der Waals surface area (Å²) in [6.45, 7) is 0.886. The molecule has 0 aliphatic heterocycles. The summed E-state index contributed by atoms with van der Waals surface area (Å²) in [6, 6.07) is 0. The van der Waals surface area contributed by atoms with E-state index in [-0.39, 0.29) is 0 Å². The van der Waals surface area contributed by atoms with Crippen molar-refractivity contribution >= 4 is 12.9 Å². The number of carbonyl (C=O) groups is 2. The molecule has 0 heterocycles. The van der Waals surface area contributed by atoms with Crippen LogP contribution in [-0.4, -0.2) is 24.4 Å². The fraction of sp³-hybridized carbons (Fsp3) is 0.857. The highest BCUT2D eigenvalue weighted by atomic mass is 16.6. The molecule has 0 spiro atoms. The summed E-state index contributed by atoms with van der Waals surface area (Å²) in [7, 11) is 0. The molecule has 0 radical (unpaired) electrons. The number of rotatable bonds is 6. The van der Waals surface area contributed by atoms with Gasteiger partial charge in [0.25, 0.3) is 12.9 Å². The first-order chi connectivity index (χ1) is 9.74. The number of azo groups is 1. The zero-order valence-corrected chi connectivity index (χ0v) is 11.8. The molecule has 6 heteroatoms. The minimum Gasteiger partial charge on any atom is -0.438 e. The van der Waals surface area contributed by atoms with Gasteiger partial charge in [-0.3, -0.25) is 9.59 Å². The maximum atomic E-state index is 10.7. The Morgan fingerprint density at radius 1 is 0.650 bits per heavy atom. The molecule has 0 unspecified atom stereocenters. The van der Waals surface area contributed by atoms with Gasteiger partial charge in [-0.1, -0.05) is 12.8 Å². The molecule has 2 rings (SSSR count). The first-order valence-electron chi connectivity index (χ1n) is 7.41. The van der Waals surface area contributed by atoms with Crippen molar-refractivity contribution in [2.45, 2.75) is 75.7 Å². The van der Waals surface area contributed by atoms with Gasteiger partial charge in [-0.15, -0.1) is 10.2 Å². The van der Waals surface area contributed by atoms with Crippen molar-refractivity contribution in [1.29, 1.82) is 0 Å². The number of nitrogens with zero attached hydrogens (tertiary/aromatic N) is 2. The molecule has 112 valence electrons. The summed E-state index contributed by atoms with van der Waals surface area (Å²) in [5, 5.41) is 8.61. The van der Waals surface area contributed by atoms with Crippen LogP contribution in [0.4, 0.5) is 0 Å². The van der Waals surface area contributed by atoms with Gasteiger partial charge in [-0.25, -0.2) is 0 Å². The molecule has 2 aliphatic rings. The predicted octanol–water partition coefficient (Wildman–Crippen LogP) is 3.11. The highest BCUT2D eigenvalue weighted by Gasteiger charge is 2.38. The maximum Gasteiger partial charge on any atom is 0.295 e. The Morgan fingerprint density at radius 3 is 1.30 bits per heavy atom. The van der Waals surface area contributed by atoms with Crippen LogP contribution in [0, 0.1) is 0 Å². The Bertz CT molecular complexity index is 324. The maximum absolute atomic E-state index is 10.7. The van der Waals surface area contributed by atoms with Gasteiger partial charge in [0.05, 0.1) is 0 Å². The molecule has 0 saturated heterocycles. The van der Waals surface area contributed by atoms with E-state index in [0.29, 0.717) is 38.6 Å². The molecular weight excluding hydrogens is 260 g/mol. The molecule has 0 N–H and O–H groups in total. The van der Waals surface area contributed by atoms with Crippen LogP contribution in [0.15, 0.2) is 10.2 Å². The van der Waals surface area contributed by atoms with E-state index in [1.807, 2.05) is 0 Å². The number of ether oxygens (including phenoxy) is 2. The Hall–Kier alpha value is -1.46. The largest absolute Gasteiger partial charge is 0.438 e. The standard InChI is InChI=1S/C14H22N2O4/c17-11-19-13(7-3-1-4-8-13)15-16-14(20-12-18)9-5-2-6-10-14/h11-12H,1-10H2/b16-15+. The molecular formula is C14H22N2O4. The topological polar surface area (TPSA) is 77.3 Å². The lowest BCUT2D eigenvalue weighted by Crippen LogP contribution is -2.36. The Labute approximate surface area is 118 Å². The summed E-state index contributed by atoms with van der Waals surface area (Å²) >= 11 is 0. The van der Waals surface area contributed by atoms with Crippen LogP contribution < -0.4 is 0 Å². The lowest BCUT2D eigenvalue weighted by Gasteiger charge is -2.34. The average molecular weight is 282 g/mol. The third kappa shape index (κ3) is 3.55. The van der Waals surface area contributed by atoms with Crippen molar-refractivity contribution in [3.8, 4) is 0 Å². The Morgan fingerprint density at radius 2 is 1.00 bits per heavy atom. The second-order valence-electron chi connectivity index (χ2n) is 5.64. The molecule has 0 aromatic rings. The minimum absolute atomic E-state index is 0.443. The lowest BCUT2D eigenvalue weighted by atomic mass is 9.91. The molecule has 2 fully saturated rings. The van der Waals surface area contributed by atoms with Crippen LogP contribution in [0.1, 0.15) is 64.2 Å². The quantitative estimate of drug-likeness (QED) is 0.554. The van der Waals surface area contributed by atoms with Crippen molar-refractivity contribution in [2.75, 3.05) is 0 Å². The number of hydrogen-bond acceptors (Lipinski definition) is 6. The van der Waals surface area contributed by atoms with Gasteiger partial charge in [0.15, 0.2) is 0 Å². The van der Waals surface area contributed by atoms with Gasteiger partial charge in [-0.05, 0) is 25.7 Å². The SMILES string of the molecule is O=COC1(/N=N/C2(OC=O)CCCCC2)CCCCC1. The van der Waals surface area contributed by atoms with E-state index in [0.717, 1.165) is 38.5 Å². The van der Waals surface area contributed by atoms with Crippen molar-refractivity contribution in [1.82, 2.24) is 0 Å². The van der Waals surface area contributed by atoms with E-state index in [2.05, 4.69) is 10.2 Å². The summed E-state index contributed by atoms with van der Waals surface area (Å²) in [5.74, 6) is 0. The van der Waals surface area contributed by atoms with E-state index in [1.165, 1.54) is 0 Å². The predicted molar refractivity (Wildman–Crippen MR) is 70.8 cm³/mol. The van der Waals surface area contributed by atoms with E-state index < -0.39 is 11.4 Å². The zero-order chi connectivity index (χ0) is 14.3. The molecule has 6 nitrogen and oxygen atoms in total. The summed E-state index contributed by atoms with van der Waals surface area (Å²) in [6.07, 6.45) is 8.86. The smallest absolute Gasteiger partial charge is 0.295 e. The fourth-order valence-corrected chi connectivity index (χ4v) is 3.05. The van der Waals surface area contributed by atoms with E-state index in [1.54, 1.807) is 0 Å². The highest BCUT2D eigenvalue weighted by molar-refractivity contribution is 5.39. The lowest BCUT2D eigenvalue weighted by molar-refractivity contribution is -0.153. The zero-order valence-electron chi connectivity index (χ0n) is 11.8. The molecule has 2 aliphatic carbocycles. The summed E-state index contributed by atoms with van der Waals surface area (Å²) in [4.78, 5) is 21.4. The first kappa shape index (κ1) is 14.9. The third-order valence-electron chi connectivity index (χ3n) is 4.22. The molecule has 0 bridgehead atoms. The molecule has 0 aromatic heterocycles. The molecule has 0 amide bonds. The molecule has 0 atom stereocenters. The second-order valence-corrected chi connectivity index (χ2v) is 5.64. The van der Waals surface area contributed by atoms with Gasteiger partial charge in [-0.2, -0.15) is 0 Å². The van der Waals surface area contributed by atoms with Crippen LogP contribution >= 0.6 is 0 Å². The monoisotopic (exact) mass is 282 g/mol. The molecule has 0 aromatic carbocycles. The fourth-order valence-electron chi connectivity index (χ4n) is 3.05. The van der Waals surface area contributed by atoms with Gasteiger partial charge >= 0.3 is 0 Å². The average Bonchev–Trinajstić information content (AvgIpc) is 2.48. The van der Waals surface area contributed by atoms with Crippen molar-refractivity contribution in [3.63, 3.8) is 0 Å². The third-order valence-corrected chi connectivity index (χ3v) is 4.22. The highest BCUT2D eigenvalue weighted by Crippen LogP contribution is 2.37. The van der Waals surface area contributed by atoms with E-state index in [9.17, 15) is 9.59 Å². The van der Waals surface area contributed by atoms with Crippen molar-refractivity contribution in [2.24, 2.45) is 10.2 Å². The van der Waals surface area contributed by atoms with E-state index >= 15 is 0 Å². The van der Waals surface area contributed by atoms with Crippen molar-refractivity contribution < 1.29 is 19.1 Å². The van der Waals surface area contributed by atoms with Crippen LogP contribution in [0.3, 0.4) is 0 Å². The summed E-state index contributed by atoms with van der Waals surface area (Å²) < 4.78 is 10.4. The molecule has 2 saturated carbocycles. The van der Waals surface area contributed by atoms with Crippen LogP contribution in [0.2, 0.25) is 0 Å². The van der Waals surface area contributed by atoms with Gasteiger partial charge in [0.1, 0.15) is 0 Å². The van der Waals surface area contributed by atoms with Crippen LogP contribution in [0.5, 0.6) is 0 Å². The Kier molecular flexibility index (Phi) is 5.09. The van der Waals surface area contributed by atoms with Gasteiger partial charge in [0, 0.05) is 25.7 Å². The molecule has 20 heavy (non-hydrogen) atoms. The van der Waals surface area contributed by atoms with Gasteiger partial charge < -0.3 is 9.47 Å². The number of hydrogen-bond donors (Lipinski definition) is 0. The van der Waals surface area contributed by atoms with Crippen LogP contribution in [0.25, 0.3) is 0 Å². The van der Waals surface area contributed by atoms with Crippen molar-refractivity contribution in [3.05, 3.63) is 0 Å². The normalized spacial score (nSPS) is 25.0. The minimum atomic E-state index is -0.851. The first-order valence-corrected chi connectivity index (χ1v) is 7.41. The van der Waals surface area contributed by atoms with Gasteiger partial charge in [0.2, 0.25) is 11.4 Å². The van der Waals surface area contributed by atoms with E-state index in [4.69, 9.17) is 9.47 Å². The van der Waals surface area contributed by atoms with Crippen LogP contribution in [-0.2, 0) is 19.1 Å².